The van der Waals surface area contributed by atoms with E-state index in [1.807, 2.05) is 18.4 Å². The molecular weight excluding hydrogens is 327 g/mol. The van der Waals surface area contributed by atoms with Gasteiger partial charge in [0.05, 0.1) is 6.04 Å². The van der Waals surface area contributed by atoms with Crippen molar-refractivity contribution in [1.29, 1.82) is 0 Å². The molecule has 2 aromatic carbocycles. The number of rotatable bonds is 8. The van der Waals surface area contributed by atoms with Crippen molar-refractivity contribution in [2.24, 2.45) is 5.73 Å². The molecule has 1 atom stereocenters. The lowest BCUT2D eigenvalue weighted by Crippen LogP contribution is -2.40. The normalized spacial score (nSPS) is 11.8. The van der Waals surface area contributed by atoms with Crippen LogP contribution in [-0.2, 0) is 11.3 Å². The highest BCUT2D eigenvalue weighted by Crippen LogP contribution is 2.21. The molecule has 3 N–H and O–H groups in total. The van der Waals surface area contributed by atoms with Crippen molar-refractivity contribution in [3.8, 4) is 11.5 Å². The first-order valence-electron chi connectivity index (χ1n) is 7.63. The Kier molecular flexibility index (Phi) is 7.08. The molecule has 0 saturated carbocycles. The van der Waals surface area contributed by atoms with Crippen LogP contribution < -0.4 is 15.8 Å². The fourth-order valence-corrected chi connectivity index (χ4v) is 2.50. The number of hydrogen-bond donors (Lipinski definition) is 2. The van der Waals surface area contributed by atoms with Crippen LogP contribution in [0.4, 0.5) is 4.39 Å². The van der Waals surface area contributed by atoms with Gasteiger partial charge in [-0.25, -0.2) is 4.39 Å². The molecule has 0 bridgehead atoms. The van der Waals surface area contributed by atoms with E-state index in [1.165, 1.54) is 12.1 Å². The molecule has 0 aliphatic carbocycles. The predicted molar refractivity (Wildman–Crippen MR) is 95.7 cm³/mol. The molecule has 0 heterocycles. The fraction of sp³-hybridized carbons (Fsp3) is 0.278. The summed E-state index contributed by atoms with van der Waals surface area (Å²) in [5.41, 5.74) is 6.77. The first kappa shape index (κ1) is 18.3. The van der Waals surface area contributed by atoms with Crippen molar-refractivity contribution in [1.82, 2.24) is 5.32 Å². The van der Waals surface area contributed by atoms with Gasteiger partial charge in [0, 0.05) is 6.54 Å². The van der Waals surface area contributed by atoms with E-state index in [1.54, 1.807) is 36.0 Å². The van der Waals surface area contributed by atoms with Crippen LogP contribution in [0.3, 0.4) is 0 Å². The van der Waals surface area contributed by atoms with Crippen LogP contribution in [0.2, 0.25) is 0 Å². The van der Waals surface area contributed by atoms with Crippen LogP contribution in [0.15, 0.2) is 48.5 Å². The molecule has 0 fully saturated rings. The lowest BCUT2D eigenvalue weighted by atomic mass is 10.2. The maximum absolute atomic E-state index is 12.9. The summed E-state index contributed by atoms with van der Waals surface area (Å²) in [4.78, 5) is 11.9. The van der Waals surface area contributed by atoms with Gasteiger partial charge in [0.25, 0.3) is 0 Å². The molecule has 0 unspecified atom stereocenters. The molecule has 6 heteroatoms. The number of hydrogen-bond acceptors (Lipinski definition) is 4. The van der Waals surface area contributed by atoms with E-state index in [0.29, 0.717) is 24.5 Å². The Morgan fingerprint density at radius 3 is 2.33 bits per heavy atom. The van der Waals surface area contributed by atoms with Crippen molar-refractivity contribution < 1.29 is 13.9 Å². The summed E-state index contributed by atoms with van der Waals surface area (Å²) < 4.78 is 18.5. The number of nitrogens with two attached hydrogens (primary N) is 1. The molecule has 0 spiro atoms. The standard InChI is InChI=1S/C18H21FN2O2S/c1-24-11-10-17(20)18(22)21-12-13-2-6-15(7-3-13)23-16-8-4-14(19)5-9-16/h2-9,17H,10-12,20H2,1H3,(H,21,22)/t17-/m0/s1. The summed E-state index contributed by atoms with van der Waals surface area (Å²) in [5.74, 6) is 1.63. The molecule has 2 rings (SSSR count). The third kappa shape index (κ3) is 5.86. The quantitative estimate of drug-likeness (QED) is 0.768. The number of halogens is 1. The summed E-state index contributed by atoms with van der Waals surface area (Å²) in [6.07, 6.45) is 2.65. The Bertz CT molecular complexity index is 647. The fourth-order valence-electron chi connectivity index (χ4n) is 2.01. The van der Waals surface area contributed by atoms with Crippen molar-refractivity contribution in [3.63, 3.8) is 0 Å². The van der Waals surface area contributed by atoms with Crippen molar-refractivity contribution in [2.45, 2.75) is 19.0 Å². The molecule has 4 nitrogen and oxygen atoms in total. The van der Waals surface area contributed by atoms with E-state index < -0.39 is 6.04 Å². The number of thioether (sulfide) groups is 1. The molecule has 0 aromatic heterocycles. The van der Waals surface area contributed by atoms with Crippen LogP contribution in [0, 0.1) is 5.82 Å². The molecule has 0 aliphatic heterocycles. The van der Waals surface area contributed by atoms with Gasteiger partial charge in [0.15, 0.2) is 0 Å². The Hall–Kier alpha value is -2.05. The van der Waals surface area contributed by atoms with Crippen LogP contribution >= 0.6 is 11.8 Å². The highest BCUT2D eigenvalue weighted by Gasteiger charge is 2.12. The molecule has 128 valence electrons. The van der Waals surface area contributed by atoms with E-state index in [2.05, 4.69) is 5.32 Å². The maximum atomic E-state index is 12.9. The van der Waals surface area contributed by atoms with Gasteiger partial charge in [-0.3, -0.25) is 4.79 Å². The molecule has 24 heavy (non-hydrogen) atoms. The van der Waals surface area contributed by atoms with E-state index in [-0.39, 0.29) is 11.7 Å². The van der Waals surface area contributed by atoms with Gasteiger partial charge in [-0.05, 0) is 60.4 Å². The lowest BCUT2D eigenvalue weighted by Gasteiger charge is -2.12. The van der Waals surface area contributed by atoms with Gasteiger partial charge >= 0.3 is 0 Å². The van der Waals surface area contributed by atoms with E-state index in [0.717, 1.165) is 11.3 Å². The smallest absolute Gasteiger partial charge is 0.237 e. The van der Waals surface area contributed by atoms with E-state index >= 15 is 0 Å². The zero-order chi connectivity index (χ0) is 17.4. The van der Waals surface area contributed by atoms with Crippen molar-refractivity contribution >= 4 is 17.7 Å². The second kappa shape index (κ2) is 9.30. The zero-order valence-electron chi connectivity index (χ0n) is 13.5. The van der Waals surface area contributed by atoms with Crippen molar-refractivity contribution in [2.75, 3.05) is 12.0 Å². The maximum Gasteiger partial charge on any atom is 0.237 e. The van der Waals surface area contributed by atoms with Gasteiger partial charge in [0.1, 0.15) is 17.3 Å². The topological polar surface area (TPSA) is 64.4 Å². The second-order valence-electron chi connectivity index (χ2n) is 5.31. The van der Waals surface area contributed by atoms with Crippen LogP contribution in [0.1, 0.15) is 12.0 Å². The minimum Gasteiger partial charge on any atom is -0.457 e. The minimum atomic E-state index is -0.474. The Morgan fingerprint density at radius 2 is 1.75 bits per heavy atom. The van der Waals surface area contributed by atoms with Crippen LogP contribution in [0.5, 0.6) is 11.5 Å². The van der Waals surface area contributed by atoms with Gasteiger partial charge in [-0.15, -0.1) is 0 Å². The van der Waals surface area contributed by atoms with Gasteiger partial charge in [-0.2, -0.15) is 11.8 Å². The highest BCUT2D eigenvalue weighted by molar-refractivity contribution is 7.98. The zero-order valence-corrected chi connectivity index (χ0v) is 14.3. The lowest BCUT2D eigenvalue weighted by molar-refractivity contribution is -0.122. The number of ether oxygens (including phenoxy) is 1. The van der Waals surface area contributed by atoms with Gasteiger partial charge in [-0.1, -0.05) is 12.1 Å². The van der Waals surface area contributed by atoms with Gasteiger partial charge < -0.3 is 15.8 Å². The monoisotopic (exact) mass is 348 g/mol. The largest absolute Gasteiger partial charge is 0.457 e. The van der Waals surface area contributed by atoms with Gasteiger partial charge in [0.2, 0.25) is 5.91 Å². The molecule has 2 aromatic rings. The Morgan fingerprint density at radius 1 is 1.17 bits per heavy atom. The predicted octanol–water partition coefficient (Wildman–Crippen LogP) is 3.31. The first-order valence-corrected chi connectivity index (χ1v) is 9.02. The number of benzene rings is 2. The van der Waals surface area contributed by atoms with Crippen LogP contribution in [-0.4, -0.2) is 24.0 Å². The molecular formula is C18H21FN2O2S. The summed E-state index contributed by atoms with van der Waals surface area (Å²) >= 11 is 1.67. The SMILES string of the molecule is CSCC[C@H](N)C(=O)NCc1ccc(Oc2ccc(F)cc2)cc1. The summed E-state index contributed by atoms with van der Waals surface area (Å²) in [7, 11) is 0. The third-order valence-electron chi connectivity index (χ3n) is 3.41. The van der Waals surface area contributed by atoms with E-state index in [4.69, 9.17) is 10.5 Å². The minimum absolute atomic E-state index is 0.143. The number of nitrogens with one attached hydrogen (secondary N) is 1. The first-order chi connectivity index (χ1) is 11.6. The summed E-state index contributed by atoms with van der Waals surface area (Å²) in [6, 6.07) is 12.7. The molecule has 0 radical (unpaired) electrons. The summed E-state index contributed by atoms with van der Waals surface area (Å²) in [5, 5.41) is 2.83. The van der Waals surface area contributed by atoms with Crippen molar-refractivity contribution in [3.05, 3.63) is 59.9 Å². The third-order valence-corrected chi connectivity index (χ3v) is 4.05. The average Bonchev–Trinajstić information content (AvgIpc) is 2.60. The number of amides is 1. The highest BCUT2D eigenvalue weighted by atomic mass is 32.2. The second-order valence-corrected chi connectivity index (χ2v) is 6.29. The number of carbonyl (C=O) groups is 1. The molecule has 0 saturated heterocycles. The molecule has 0 aliphatic rings. The summed E-state index contributed by atoms with van der Waals surface area (Å²) in [6.45, 7) is 0.419. The molecule has 1 amide bonds. The van der Waals surface area contributed by atoms with Crippen LogP contribution in [0.25, 0.3) is 0 Å². The van der Waals surface area contributed by atoms with E-state index in [9.17, 15) is 9.18 Å². The Labute approximate surface area is 145 Å². The average molecular weight is 348 g/mol. The Balaban J connectivity index is 1.83. The number of carbonyl (C=O) groups excluding carboxylic acids is 1.